The van der Waals surface area contributed by atoms with E-state index in [1.165, 1.54) is 0 Å². The van der Waals surface area contributed by atoms with Gasteiger partial charge in [-0.2, -0.15) is 10.2 Å². The molecule has 0 saturated carbocycles. The van der Waals surface area contributed by atoms with Crippen molar-refractivity contribution in [3.63, 3.8) is 0 Å². The molecule has 2 N–H and O–H groups in total. The van der Waals surface area contributed by atoms with Gasteiger partial charge in [-0.1, -0.05) is 55.8 Å². The Morgan fingerprint density at radius 3 is 2.43 bits per heavy atom. The zero-order valence-corrected chi connectivity index (χ0v) is 25.1. The van der Waals surface area contributed by atoms with E-state index in [0.29, 0.717) is 41.2 Å². The number of carbonyl (C=O) groups is 1. The van der Waals surface area contributed by atoms with Crippen LogP contribution in [0.15, 0.2) is 95.0 Å². The van der Waals surface area contributed by atoms with Gasteiger partial charge in [-0.15, -0.1) is 0 Å². The van der Waals surface area contributed by atoms with E-state index in [9.17, 15) is 14.7 Å². The lowest BCUT2D eigenvalue weighted by atomic mass is 9.91. The third kappa shape index (κ3) is 5.91. The second kappa shape index (κ2) is 11.9. The molecule has 224 valence electrons. The predicted molar refractivity (Wildman–Crippen MR) is 171 cm³/mol. The Morgan fingerprint density at radius 2 is 1.75 bits per heavy atom. The molecular weight excluding hydrogens is 554 g/mol. The first-order valence-electron chi connectivity index (χ1n) is 14.8. The molecular formula is C35H35N5O4. The Bertz CT molecular complexity index is 1920. The summed E-state index contributed by atoms with van der Waals surface area (Å²) in [7, 11) is 0. The highest BCUT2D eigenvalue weighted by molar-refractivity contribution is 6.16. The number of rotatable bonds is 10. The number of aryl methyl sites for hydroxylation is 1. The summed E-state index contributed by atoms with van der Waals surface area (Å²) in [5.74, 6) is 0.461. The van der Waals surface area contributed by atoms with Crippen molar-refractivity contribution in [1.82, 2.24) is 19.6 Å². The maximum absolute atomic E-state index is 14.4. The van der Waals surface area contributed by atoms with Gasteiger partial charge in [-0.3, -0.25) is 14.2 Å². The van der Waals surface area contributed by atoms with Crippen LogP contribution in [-0.4, -0.2) is 43.1 Å². The number of nitrogens with zero attached hydrogens (tertiary/aromatic N) is 4. The average molecular weight is 590 g/mol. The van der Waals surface area contributed by atoms with Gasteiger partial charge >= 0.3 is 0 Å². The van der Waals surface area contributed by atoms with Gasteiger partial charge in [0.25, 0.3) is 5.56 Å². The summed E-state index contributed by atoms with van der Waals surface area (Å²) in [6.07, 6.45) is 3.83. The summed E-state index contributed by atoms with van der Waals surface area (Å²) in [5, 5.41) is 19.0. The molecule has 0 fully saturated rings. The monoisotopic (exact) mass is 589 g/mol. The van der Waals surface area contributed by atoms with Crippen LogP contribution in [0.5, 0.6) is 5.75 Å². The fraction of sp³-hybridized carbons (Fsp3) is 0.257. The van der Waals surface area contributed by atoms with Crippen molar-refractivity contribution in [1.29, 1.82) is 0 Å². The van der Waals surface area contributed by atoms with Gasteiger partial charge in [0.15, 0.2) is 0 Å². The molecule has 1 amide bonds. The zero-order chi connectivity index (χ0) is 30.8. The third-order valence-corrected chi connectivity index (χ3v) is 7.60. The maximum Gasteiger partial charge on any atom is 0.262 e. The average Bonchev–Trinajstić information content (AvgIpc) is 3.68. The molecule has 0 saturated heterocycles. The highest BCUT2D eigenvalue weighted by atomic mass is 16.5. The van der Waals surface area contributed by atoms with E-state index in [0.717, 1.165) is 34.4 Å². The second-order valence-corrected chi connectivity index (χ2v) is 11.7. The number of aliphatic hydroxyl groups is 1. The van der Waals surface area contributed by atoms with Crippen LogP contribution in [0, 0.1) is 0 Å². The van der Waals surface area contributed by atoms with Crippen LogP contribution in [0.3, 0.4) is 0 Å². The molecule has 0 radical (unpaired) electrons. The minimum absolute atomic E-state index is 0.115. The number of hydrazone groups is 1. The van der Waals surface area contributed by atoms with Crippen molar-refractivity contribution in [2.45, 2.75) is 52.1 Å². The van der Waals surface area contributed by atoms with Gasteiger partial charge in [-0.05, 0) is 67.3 Å². The van der Waals surface area contributed by atoms with E-state index in [1.54, 1.807) is 36.7 Å². The first-order valence-corrected chi connectivity index (χ1v) is 14.8. The number of benzene rings is 3. The highest BCUT2D eigenvalue weighted by Crippen LogP contribution is 2.29. The van der Waals surface area contributed by atoms with E-state index >= 15 is 0 Å². The Kier molecular flexibility index (Phi) is 7.88. The fourth-order valence-corrected chi connectivity index (χ4v) is 5.57. The lowest BCUT2D eigenvalue weighted by Crippen LogP contribution is -2.28. The van der Waals surface area contributed by atoms with Crippen LogP contribution in [-0.2, 0) is 17.6 Å². The van der Waals surface area contributed by atoms with Crippen LogP contribution in [0.4, 0.5) is 0 Å². The van der Waals surface area contributed by atoms with Gasteiger partial charge in [0, 0.05) is 23.6 Å². The Hall–Kier alpha value is -5.02. The molecule has 0 atom stereocenters. The Balaban J connectivity index is 1.44. The number of aromatic nitrogens is 3. The summed E-state index contributed by atoms with van der Waals surface area (Å²) in [5.41, 5.74) is 8.88. The molecule has 2 aromatic heterocycles. The van der Waals surface area contributed by atoms with Gasteiger partial charge in [0.2, 0.25) is 5.91 Å². The topological polar surface area (TPSA) is 110 Å². The molecule has 1 aliphatic rings. The Labute approximate surface area is 255 Å². The first-order chi connectivity index (χ1) is 21.2. The summed E-state index contributed by atoms with van der Waals surface area (Å²) in [6.45, 7) is 5.61. The Morgan fingerprint density at radius 1 is 0.977 bits per heavy atom. The summed E-state index contributed by atoms with van der Waals surface area (Å²) >= 11 is 0. The van der Waals surface area contributed by atoms with Crippen LogP contribution >= 0.6 is 0 Å². The quantitative estimate of drug-likeness (QED) is 0.236. The van der Waals surface area contributed by atoms with Crippen LogP contribution < -0.4 is 15.7 Å². The van der Waals surface area contributed by atoms with E-state index in [2.05, 4.69) is 22.5 Å². The minimum atomic E-state index is -0.959. The molecule has 0 aliphatic carbocycles. The predicted octanol–water partition coefficient (Wildman–Crippen LogP) is 5.07. The number of hydrogen-bond acceptors (Lipinski definition) is 6. The first kappa shape index (κ1) is 29.1. The van der Waals surface area contributed by atoms with Gasteiger partial charge in [-0.25, -0.2) is 9.94 Å². The molecule has 9 nitrogen and oxygen atoms in total. The van der Waals surface area contributed by atoms with E-state index in [4.69, 9.17) is 4.74 Å². The second-order valence-electron chi connectivity index (χ2n) is 11.7. The molecule has 0 spiro atoms. The van der Waals surface area contributed by atoms with Gasteiger partial charge in [0.1, 0.15) is 18.0 Å². The van der Waals surface area contributed by atoms with Crippen molar-refractivity contribution < 1.29 is 14.6 Å². The standard InChI is InChI=1S/C35H35N5O4/c1-4-8-31-29(20-23-11-16-27(24-9-6-5-7-10-24)28(19-23)30-21-32(41)38-37-30)34(42)39(33-17-18-36-40(31)33)25-12-14-26(15-13-25)44-22-35(2,3)43/h5-7,9-19,43H,4,8,20-22H2,1-3H3,(H,38,41). The molecule has 9 heteroatoms. The molecule has 5 aromatic rings. The minimum Gasteiger partial charge on any atom is -0.491 e. The van der Waals surface area contributed by atoms with Crippen LogP contribution in [0.1, 0.15) is 56.0 Å². The van der Waals surface area contributed by atoms with Gasteiger partial charge < -0.3 is 9.84 Å². The molecule has 0 unspecified atom stereocenters. The zero-order valence-electron chi connectivity index (χ0n) is 25.1. The number of hydrogen-bond donors (Lipinski definition) is 2. The molecule has 44 heavy (non-hydrogen) atoms. The summed E-state index contributed by atoms with van der Waals surface area (Å²) < 4.78 is 9.28. The van der Waals surface area contributed by atoms with Crippen molar-refractivity contribution in [3.8, 4) is 22.6 Å². The largest absolute Gasteiger partial charge is 0.491 e. The smallest absolute Gasteiger partial charge is 0.262 e. The molecule has 6 rings (SSSR count). The highest BCUT2D eigenvalue weighted by Gasteiger charge is 2.23. The van der Waals surface area contributed by atoms with E-state index in [-0.39, 0.29) is 24.5 Å². The van der Waals surface area contributed by atoms with Crippen molar-refractivity contribution in [3.05, 3.63) is 118 Å². The maximum atomic E-state index is 14.4. The molecule has 1 aliphatic heterocycles. The van der Waals surface area contributed by atoms with E-state index < -0.39 is 5.60 Å². The molecule has 3 heterocycles. The normalized spacial score (nSPS) is 13.3. The van der Waals surface area contributed by atoms with Gasteiger partial charge in [0.05, 0.1) is 35.3 Å². The summed E-state index contributed by atoms with van der Waals surface area (Å²) in [4.78, 5) is 26.5. The number of fused-ring (bicyclic) bond motifs is 1. The summed E-state index contributed by atoms with van der Waals surface area (Å²) in [6, 6.07) is 25.3. The number of amides is 1. The van der Waals surface area contributed by atoms with E-state index in [1.807, 2.05) is 71.2 Å². The third-order valence-electron chi connectivity index (χ3n) is 7.60. The number of carbonyl (C=O) groups excluding carboxylic acids is 1. The fourth-order valence-electron chi connectivity index (χ4n) is 5.57. The lowest BCUT2D eigenvalue weighted by molar-refractivity contribution is -0.119. The van der Waals surface area contributed by atoms with Crippen molar-refractivity contribution in [2.24, 2.45) is 5.10 Å². The van der Waals surface area contributed by atoms with Crippen molar-refractivity contribution in [2.75, 3.05) is 6.61 Å². The van der Waals surface area contributed by atoms with Crippen molar-refractivity contribution >= 4 is 17.3 Å². The molecule has 3 aromatic carbocycles. The SMILES string of the molecule is CCCc1c(Cc2ccc(-c3ccccc3)c(C3=NNC(=O)C3)c2)c(=O)n(-c2ccc(OCC(C)(C)O)cc2)c2ccnn12. The lowest BCUT2D eigenvalue weighted by Gasteiger charge is -2.19. The molecule has 0 bridgehead atoms. The number of nitrogens with one attached hydrogen (secondary N) is 1. The number of ether oxygens (including phenoxy) is 1. The van der Waals surface area contributed by atoms with Crippen LogP contribution in [0.2, 0.25) is 0 Å². The van der Waals surface area contributed by atoms with Crippen LogP contribution in [0.25, 0.3) is 22.5 Å².